The Labute approximate surface area is 128 Å². The number of rotatable bonds is 9. The van der Waals surface area contributed by atoms with E-state index >= 15 is 0 Å². The number of hydrogen-bond donors (Lipinski definition) is 2. The number of amides is 1. The molecule has 7 heteroatoms. The maximum Gasteiger partial charge on any atom is 0.330 e. The van der Waals surface area contributed by atoms with Crippen LogP contribution in [-0.4, -0.2) is 37.3 Å². The molecular weight excluding hydrogens is 293 g/mol. The summed E-state index contributed by atoms with van der Waals surface area (Å²) in [7, 11) is 1.31. The number of aliphatic carboxylic acids is 1. The van der Waals surface area contributed by atoms with Crippen LogP contribution in [0.4, 0.5) is 4.39 Å². The van der Waals surface area contributed by atoms with Crippen LogP contribution in [0.5, 0.6) is 5.75 Å². The van der Waals surface area contributed by atoms with E-state index in [0.29, 0.717) is 19.6 Å². The average Bonchev–Trinajstić information content (AvgIpc) is 2.49. The molecule has 0 saturated carbocycles. The molecule has 0 spiro atoms. The predicted octanol–water partition coefficient (Wildman–Crippen LogP) is 1.89. The van der Waals surface area contributed by atoms with Gasteiger partial charge in [-0.25, -0.2) is 9.18 Å². The third kappa shape index (κ3) is 5.33. The number of ether oxygens (including phenoxy) is 2. The molecule has 22 heavy (non-hydrogen) atoms. The van der Waals surface area contributed by atoms with Gasteiger partial charge in [-0.3, -0.25) is 4.79 Å². The smallest absolute Gasteiger partial charge is 0.330 e. The molecule has 0 aliphatic carbocycles. The van der Waals surface area contributed by atoms with E-state index in [1.807, 2.05) is 6.92 Å². The monoisotopic (exact) mass is 313 g/mol. The summed E-state index contributed by atoms with van der Waals surface area (Å²) in [5.41, 5.74) is 0.143. The van der Waals surface area contributed by atoms with Crippen LogP contribution < -0.4 is 10.1 Å². The van der Waals surface area contributed by atoms with Crippen molar-refractivity contribution >= 4 is 11.9 Å². The number of halogens is 1. The molecule has 0 saturated heterocycles. The number of carboxylic acids is 1. The standard InChI is InChI=1S/C15H20FNO5/c1-3-22-8-4-5-13(18)17-14(15(19)20)10-6-7-12(21-2)11(16)9-10/h6-7,9,14H,3-5,8H2,1-2H3,(H,17,18)(H,19,20). The maximum atomic E-state index is 13.7. The van der Waals surface area contributed by atoms with Crippen molar-refractivity contribution in [2.24, 2.45) is 0 Å². The summed E-state index contributed by atoms with van der Waals surface area (Å²) in [5, 5.41) is 11.6. The Morgan fingerprint density at radius 3 is 2.68 bits per heavy atom. The molecule has 0 fully saturated rings. The first-order valence-corrected chi connectivity index (χ1v) is 6.93. The lowest BCUT2D eigenvalue weighted by Crippen LogP contribution is -2.33. The van der Waals surface area contributed by atoms with Crippen LogP contribution in [0, 0.1) is 5.82 Å². The summed E-state index contributed by atoms with van der Waals surface area (Å²) in [6, 6.07) is 2.46. The quantitative estimate of drug-likeness (QED) is 0.680. The molecule has 0 aromatic heterocycles. The highest BCUT2D eigenvalue weighted by Crippen LogP contribution is 2.22. The first kappa shape index (κ1) is 17.9. The van der Waals surface area contributed by atoms with Crippen molar-refractivity contribution in [1.29, 1.82) is 0 Å². The Kier molecular flexibility index (Phi) is 7.31. The topological polar surface area (TPSA) is 84.9 Å². The van der Waals surface area contributed by atoms with Crippen molar-refractivity contribution in [2.75, 3.05) is 20.3 Å². The molecule has 122 valence electrons. The lowest BCUT2D eigenvalue weighted by atomic mass is 10.1. The summed E-state index contributed by atoms with van der Waals surface area (Å²) in [4.78, 5) is 23.0. The fourth-order valence-corrected chi connectivity index (χ4v) is 1.86. The van der Waals surface area contributed by atoms with E-state index in [-0.39, 0.29) is 17.7 Å². The van der Waals surface area contributed by atoms with Gasteiger partial charge >= 0.3 is 5.97 Å². The number of methoxy groups -OCH3 is 1. The van der Waals surface area contributed by atoms with Crippen LogP contribution in [-0.2, 0) is 14.3 Å². The van der Waals surface area contributed by atoms with E-state index in [2.05, 4.69) is 5.32 Å². The maximum absolute atomic E-state index is 13.7. The second-order valence-corrected chi connectivity index (χ2v) is 4.53. The number of hydrogen-bond acceptors (Lipinski definition) is 4. The van der Waals surface area contributed by atoms with Crippen LogP contribution in [0.1, 0.15) is 31.4 Å². The SMILES string of the molecule is CCOCCCC(=O)NC(C(=O)O)c1ccc(OC)c(F)c1. The minimum atomic E-state index is -1.31. The molecule has 1 unspecified atom stereocenters. The highest BCUT2D eigenvalue weighted by atomic mass is 19.1. The van der Waals surface area contributed by atoms with Crippen molar-refractivity contribution < 1.29 is 28.6 Å². The van der Waals surface area contributed by atoms with Crippen molar-refractivity contribution in [3.05, 3.63) is 29.6 Å². The van der Waals surface area contributed by atoms with Gasteiger partial charge in [0.05, 0.1) is 7.11 Å². The lowest BCUT2D eigenvalue weighted by molar-refractivity contribution is -0.142. The second kappa shape index (κ2) is 8.99. The summed E-state index contributed by atoms with van der Waals surface area (Å²) in [6.45, 7) is 2.84. The molecule has 2 N–H and O–H groups in total. The molecule has 1 atom stereocenters. The fourth-order valence-electron chi connectivity index (χ4n) is 1.86. The van der Waals surface area contributed by atoms with E-state index in [1.165, 1.54) is 19.2 Å². The van der Waals surface area contributed by atoms with Gasteiger partial charge in [0.2, 0.25) is 5.91 Å². The van der Waals surface area contributed by atoms with Gasteiger partial charge in [-0.1, -0.05) is 6.07 Å². The molecule has 6 nitrogen and oxygen atoms in total. The van der Waals surface area contributed by atoms with Crippen molar-refractivity contribution in [2.45, 2.75) is 25.8 Å². The second-order valence-electron chi connectivity index (χ2n) is 4.53. The minimum Gasteiger partial charge on any atom is -0.494 e. The Hall–Kier alpha value is -2.15. The van der Waals surface area contributed by atoms with Crippen LogP contribution in [0.3, 0.4) is 0 Å². The molecule has 1 aromatic rings. The Balaban J connectivity index is 2.71. The van der Waals surface area contributed by atoms with E-state index in [9.17, 15) is 19.1 Å². The largest absolute Gasteiger partial charge is 0.494 e. The van der Waals surface area contributed by atoms with E-state index < -0.39 is 23.7 Å². The average molecular weight is 313 g/mol. The molecular formula is C15H20FNO5. The van der Waals surface area contributed by atoms with Gasteiger partial charge in [0, 0.05) is 19.6 Å². The van der Waals surface area contributed by atoms with Crippen LogP contribution in [0.25, 0.3) is 0 Å². The Morgan fingerprint density at radius 1 is 1.41 bits per heavy atom. The summed E-state index contributed by atoms with van der Waals surface area (Å²) >= 11 is 0. The van der Waals surface area contributed by atoms with Gasteiger partial charge in [-0.2, -0.15) is 0 Å². The highest BCUT2D eigenvalue weighted by Gasteiger charge is 2.23. The predicted molar refractivity (Wildman–Crippen MR) is 77.2 cm³/mol. The molecule has 0 bridgehead atoms. The minimum absolute atomic E-state index is 0.0101. The van der Waals surface area contributed by atoms with E-state index in [1.54, 1.807) is 0 Å². The number of carboxylic acid groups (broad SMARTS) is 1. The molecule has 1 rings (SSSR count). The van der Waals surface area contributed by atoms with Crippen LogP contribution in [0.2, 0.25) is 0 Å². The molecule has 1 amide bonds. The molecule has 0 aliphatic rings. The summed E-state index contributed by atoms with van der Waals surface area (Å²) in [5.74, 6) is -2.36. The Bertz CT molecular complexity index is 521. The van der Waals surface area contributed by atoms with E-state index in [4.69, 9.17) is 9.47 Å². The van der Waals surface area contributed by atoms with Crippen molar-refractivity contribution in [3.8, 4) is 5.75 Å². The lowest BCUT2D eigenvalue weighted by Gasteiger charge is -2.15. The number of benzene rings is 1. The molecule has 0 radical (unpaired) electrons. The van der Waals surface area contributed by atoms with Crippen LogP contribution >= 0.6 is 0 Å². The third-order valence-corrected chi connectivity index (χ3v) is 2.96. The molecule has 1 aromatic carbocycles. The first-order valence-electron chi connectivity index (χ1n) is 6.93. The summed E-state index contributed by atoms with van der Waals surface area (Å²) < 4.78 is 23.5. The van der Waals surface area contributed by atoms with Crippen molar-refractivity contribution in [3.63, 3.8) is 0 Å². The fraction of sp³-hybridized carbons (Fsp3) is 0.467. The number of nitrogens with one attached hydrogen (secondary N) is 1. The molecule has 0 aliphatic heterocycles. The van der Waals surface area contributed by atoms with E-state index in [0.717, 1.165) is 6.07 Å². The molecule has 0 heterocycles. The van der Waals surface area contributed by atoms with Gasteiger partial charge in [-0.05, 0) is 31.0 Å². The van der Waals surface area contributed by atoms with Gasteiger partial charge in [0.1, 0.15) is 0 Å². The van der Waals surface area contributed by atoms with Crippen molar-refractivity contribution in [1.82, 2.24) is 5.32 Å². The van der Waals surface area contributed by atoms with Gasteiger partial charge < -0.3 is 19.9 Å². The zero-order valence-corrected chi connectivity index (χ0v) is 12.6. The Morgan fingerprint density at radius 2 is 2.14 bits per heavy atom. The number of carbonyl (C=O) groups excluding carboxylic acids is 1. The number of carbonyl (C=O) groups is 2. The van der Waals surface area contributed by atoms with Gasteiger partial charge in [0.25, 0.3) is 0 Å². The third-order valence-electron chi connectivity index (χ3n) is 2.96. The van der Waals surface area contributed by atoms with Crippen LogP contribution in [0.15, 0.2) is 18.2 Å². The summed E-state index contributed by atoms with van der Waals surface area (Å²) in [6.07, 6.45) is 0.630. The first-order chi connectivity index (χ1) is 10.5. The normalized spacial score (nSPS) is 11.8. The van der Waals surface area contributed by atoms with Gasteiger partial charge in [0.15, 0.2) is 17.6 Å². The zero-order valence-electron chi connectivity index (χ0n) is 12.6. The zero-order chi connectivity index (χ0) is 16.5. The van der Waals surface area contributed by atoms with Gasteiger partial charge in [-0.15, -0.1) is 0 Å². The highest BCUT2D eigenvalue weighted by molar-refractivity contribution is 5.84.